The molecular weight excluding hydrogens is 299 g/mol. The van der Waals surface area contributed by atoms with Crippen LogP contribution in [0.25, 0.3) is 0 Å². The summed E-state index contributed by atoms with van der Waals surface area (Å²) in [5, 5.41) is 2.70. The molecule has 1 aromatic heterocycles. The van der Waals surface area contributed by atoms with Crippen molar-refractivity contribution < 1.29 is 27.1 Å². The van der Waals surface area contributed by atoms with E-state index < -0.39 is 18.3 Å². The molecule has 0 aliphatic heterocycles. The van der Waals surface area contributed by atoms with Gasteiger partial charge in [-0.2, -0.15) is 0 Å². The number of benzene rings is 1. The van der Waals surface area contributed by atoms with E-state index in [1.807, 2.05) is 0 Å². The van der Waals surface area contributed by atoms with Crippen molar-refractivity contribution in [3.05, 3.63) is 53.5 Å². The number of alkyl halides is 3. The highest BCUT2D eigenvalue weighted by molar-refractivity contribution is 5.91. The molecule has 0 aliphatic carbocycles. The predicted molar refractivity (Wildman–Crippen MR) is 72.5 cm³/mol. The largest absolute Gasteiger partial charge is 0.573 e. The molecule has 0 fully saturated rings. The molecule has 0 saturated heterocycles. The average molecular weight is 313 g/mol. The van der Waals surface area contributed by atoms with E-state index in [-0.39, 0.29) is 11.5 Å². The maximum absolute atomic E-state index is 12.1. The lowest BCUT2D eigenvalue weighted by Crippen LogP contribution is -2.26. The number of hydrogen-bond donors (Lipinski definition) is 1. The number of furan rings is 1. The molecule has 0 aliphatic rings. The Labute approximate surface area is 124 Å². The molecule has 118 valence electrons. The van der Waals surface area contributed by atoms with Crippen LogP contribution in [-0.4, -0.2) is 12.3 Å². The van der Waals surface area contributed by atoms with Crippen LogP contribution in [0.5, 0.6) is 5.75 Å². The van der Waals surface area contributed by atoms with Crippen LogP contribution >= 0.6 is 0 Å². The van der Waals surface area contributed by atoms with Crippen LogP contribution in [0.1, 0.15) is 34.8 Å². The van der Waals surface area contributed by atoms with Gasteiger partial charge in [0, 0.05) is 0 Å². The van der Waals surface area contributed by atoms with Gasteiger partial charge in [-0.1, -0.05) is 12.1 Å². The summed E-state index contributed by atoms with van der Waals surface area (Å²) in [6.45, 7) is 3.44. The first kappa shape index (κ1) is 15.9. The minimum atomic E-state index is -4.72. The Morgan fingerprint density at radius 3 is 2.32 bits per heavy atom. The molecule has 1 aromatic carbocycles. The molecule has 1 atom stereocenters. The number of hydrogen-bond acceptors (Lipinski definition) is 3. The minimum Gasteiger partial charge on any atom is -0.456 e. The summed E-state index contributed by atoms with van der Waals surface area (Å²) in [4.78, 5) is 11.9. The topological polar surface area (TPSA) is 51.5 Å². The van der Waals surface area contributed by atoms with E-state index in [0.717, 1.165) is 0 Å². The highest BCUT2D eigenvalue weighted by Gasteiger charge is 2.31. The summed E-state index contributed by atoms with van der Waals surface area (Å²) in [6.07, 6.45) is -4.72. The third kappa shape index (κ3) is 4.28. The van der Waals surface area contributed by atoms with Gasteiger partial charge in [0.2, 0.25) is 0 Å². The van der Waals surface area contributed by atoms with Crippen molar-refractivity contribution in [2.75, 3.05) is 0 Å². The van der Waals surface area contributed by atoms with Gasteiger partial charge in [-0.05, 0) is 43.7 Å². The monoisotopic (exact) mass is 313 g/mol. The molecule has 1 heterocycles. The van der Waals surface area contributed by atoms with Crippen LogP contribution in [0.3, 0.4) is 0 Å². The number of amides is 1. The van der Waals surface area contributed by atoms with E-state index in [4.69, 9.17) is 4.42 Å². The van der Waals surface area contributed by atoms with Crippen molar-refractivity contribution in [2.24, 2.45) is 0 Å². The third-order valence-corrected chi connectivity index (χ3v) is 2.93. The van der Waals surface area contributed by atoms with Gasteiger partial charge in [0.05, 0.1) is 6.04 Å². The van der Waals surface area contributed by atoms with Crippen molar-refractivity contribution in [1.82, 2.24) is 5.32 Å². The van der Waals surface area contributed by atoms with Crippen LogP contribution < -0.4 is 10.1 Å². The Morgan fingerprint density at radius 1 is 1.18 bits per heavy atom. The number of carbonyl (C=O) groups excluding carboxylic acids is 1. The first-order valence-corrected chi connectivity index (χ1v) is 6.47. The molecule has 1 N–H and O–H groups in total. The van der Waals surface area contributed by atoms with Gasteiger partial charge < -0.3 is 14.5 Å². The summed E-state index contributed by atoms with van der Waals surface area (Å²) in [7, 11) is 0. The van der Waals surface area contributed by atoms with Crippen LogP contribution in [0.4, 0.5) is 13.2 Å². The van der Waals surface area contributed by atoms with Crippen molar-refractivity contribution in [3.63, 3.8) is 0 Å². The smallest absolute Gasteiger partial charge is 0.456 e. The van der Waals surface area contributed by atoms with Gasteiger partial charge >= 0.3 is 6.36 Å². The Kier molecular flexibility index (Phi) is 4.44. The van der Waals surface area contributed by atoms with Crippen LogP contribution in [0.15, 0.2) is 40.8 Å². The zero-order valence-corrected chi connectivity index (χ0v) is 11.9. The Bertz CT molecular complexity index is 647. The molecule has 2 aromatic rings. The molecule has 0 saturated carbocycles. The van der Waals surface area contributed by atoms with Gasteiger partial charge in [0.15, 0.2) is 5.76 Å². The average Bonchev–Trinajstić information content (AvgIpc) is 2.84. The second-order valence-corrected chi connectivity index (χ2v) is 4.72. The lowest BCUT2D eigenvalue weighted by molar-refractivity contribution is -0.274. The molecule has 2 rings (SSSR count). The Balaban J connectivity index is 2.00. The zero-order valence-electron chi connectivity index (χ0n) is 11.9. The van der Waals surface area contributed by atoms with E-state index in [0.29, 0.717) is 11.3 Å². The fourth-order valence-corrected chi connectivity index (χ4v) is 1.87. The second kappa shape index (κ2) is 6.13. The van der Waals surface area contributed by atoms with Crippen LogP contribution in [0, 0.1) is 6.92 Å². The van der Waals surface area contributed by atoms with E-state index in [1.165, 1.54) is 24.3 Å². The molecule has 0 bridgehead atoms. The van der Waals surface area contributed by atoms with Crippen molar-refractivity contribution in [2.45, 2.75) is 26.3 Å². The maximum Gasteiger partial charge on any atom is 0.573 e. The van der Waals surface area contributed by atoms with E-state index in [2.05, 4.69) is 10.1 Å². The van der Waals surface area contributed by atoms with E-state index >= 15 is 0 Å². The van der Waals surface area contributed by atoms with Gasteiger partial charge in [-0.15, -0.1) is 13.2 Å². The van der Waals surface area contributed by atoms with Crippen molar-refractivity contribution in [1.29, 1.82) is 0 Å². The Morgan fingerprint density at radius 2 is 1.82 bits per heavy atom. The standard InChI is InChI=1S/C15H14F3NO3/c1-9-3-8-13(21-9)14(20)19-10(2)11-4-6-12(7-5-11)22-15(16,17)18/h3-8,10H,1-2H3,(H,19,20). The van der Waals surface area contributed by atoms with Gasteiger partial charge in [0.25, 0.3) is 5.91 Å². The van der Waals surface area contributed by atoms with Crippen LogP contribution in [0.2, 0.25) is 0 Å². The highest BCUT2D eigenvalue weighted by atomic mass is 19.4. The molecule has 1 amide bonds. The molecule has 4 nitrogen and oxygen atoms in total. The first-order chi connectivity index (χ1) is 10.2. The molecule has 22 heavy (non-hydrogen) atoms. The second-order valence-electron chi connectivity index (χ2n) is 4.72. The predicted octanol–water partition coefficient (Wildman–Crippen LogP) is 3.98. The minimum absolute atomic E-state index is 0.182. The van der Waals surface area contributed by atoms with Crippen molar-refractivity contribution >= 4 is 5.91 Å². The highest BCUT2D eigenvalue weighted by Crippen LogP contribution is 2.24. The number of ether oxygens (including phenoxy) is 1. The van der Waals surface area contributed by atoms with Gasteiger partial charge in [-0.3, -0.25) is 4.79 Å². The zero-order chi connectivity index (χ0) is 16.3. The maximum atomic E-state index is 12.1. The lowest BCUT2D eigenvalue weighted by atomic mass is 10.1. The molecular formula is C15H14F3NO3. The lowest BCUT2D eigenvalue weighted by Gasteiger charge is -2.14. The number of aryl methyl sites for hydroxylation is 1. The summed E-state index contributed by atoms with van der Waals surface area (Å²) in [5.41, 5.74) is 0.645. The number of rotatable bonds is 4. The Hall–Kier alpha value is -2.44. The van der Waals surface area contributed by atoms with Gasteiger partial charge in [-0.25, -0.2) is 0 Å². The molecule has 0 radical (unpaired) electrons. The molecule has 7 heteroatoms. The summed E-state index contributed by atoms with van der Waals surface area (Å²) < 4.78 is 45.2. The quantitative estimate of drug-likeness (QED) is 0.929. The van der Waals surface area contributed by atoms with E-state index in [1.54, 1.807) is 26.0 Å². The van der Waals surface area contributed by atoms with E-state index in [9.17, 15) is 18.0 Å². The number of halogens is 3. The third-order valence-electron chi connectivity index (χ3n) is 2.93. The number of carbonyl (C=O) groups is 1. The SMILES string of the molecule is Cc1ccc(C(=O)NC(C)c2ccc(OC(F)(F)F)cc2)o1. The van der Waals surface area contributed by atoms with Gasteiger partial charge in [0.1, 0.15) is 11.5 Å². The normalized spacial score (nSPS) is 12.8. The van der Waals surface area contributed by atoms with Crippen LogP contribution in [-0.2, 0) is 0 Å². The molecule has 0 spiro atoms. The van der Waals surface area contributed by atoms with Crippen molar-refractivity contribution in [3.8, 4) is 5.75 Å². The summed E-state index contributed by atoms with van der Waals surface area (Å²) in [5.74, 6) is 0.0977. The first-order valence-electron chi connectivity index (χ1n) is 6.47. The number of nitrogens with one attached hydrogen (secondary N) is 1. The summed E-state index contributed by atoms with van der Waals surface area (Å²) >= 11 is 0. The fraction of sp³-hybridized carbons (Fsp3) is 0.267. The molecule has 1 unspecified atom stereocenters. The summed E-state index contributed by atoms with van der Waals surface area (Å²) in [6, 6.07) is 8.14. The fourth-order valence-electron chi connectivity index (χ4n) is 1.87.